The van der Waals surface area contributed by atoms with E-state index in [2.05, 4.69) is 10.9 Å². The third kappa shape index (κ3) is 10.1. The molecule has 6 aromatic heterocycles. The van der Waals surface area contributed by atoms with E-state index in [1.165, 1.54) is 12.1 Å². The largest absolute Gasteiger partial charge is 0.415 e. The molecule has 0 amide bonds. The molecule has 0 saturated carbocycles. The molecular weight excluding hydrogens is 1170 g/mol. The number of rotatable bonds is 11. The van der Waals surface area contributed by atoms with E-state index < -0.39 is 11.7 Å². The van der Waals surface area contributed by atoms with Crippen LogP contribution < -0.4 is 0 Å². The maximum atomic E-state index is 16.0. The van der Waals surface area contributed by atoms with Crippen LogP contribution in [0.1, 0.15) is 11.1 Å². The van der Waals surface area contributed by atoms with Crippen LogP contribution in [0.4, 0.5) is 18.9 Å². The Morgan fingerprint density at radius 2 is 0.606 bits per heavy atom. The lowest BCUT2D eigenvalue weighted by Gasteiger charge is -2.21. The van der Waals surface area contributed by atoms with E-state index in [1.54, 1.807) is 12.1 Å². The first-order valence-electron chi connectivity index (χ1n) is 30.6. The van der Waals surface area contributed by atoms with Crippen LogP contribution in [0.5, 0.6) is 0 Å². The van der Waals surface area contributed by atoms with Gasteiger partial charge in [0.25, 0.3) is 0 Å². The van der Waals surface area contributed by atoms with Gasteiger partial charge in [0.2, 0.25) is 0 Å². The van der Waals surface area contributed by atoms with Gasteiger partial charge in [0.1, 0.15) is 11.6 Å². The van der Waals surface area contributed by atoms with E-state index in [4.69, 9.17) is 26.5 Å². The summed E-state index contributed by atoms with van der Waals surface area (Å²) in [5.74, 6) is 0. The third-order valence-electron chi connectivity index (χ3n) is 17.4. The van der Waals surface area contributed by atoms with Gasteiger partial charge in [-0.3, -0.25) is 0 Å². The summed E-state index contributed by atoms with van der Waals surface area (Å²) >= 11 is 0. The van der Waals surface area contributed by atoms with Crippen molar-refractivity contribution >= 4 is 49.3 Å². The molecule has 16 rings (SSSR count). The van der Waals surface area contributed by atoms with Crippen LogP contribution in [0.25, 0.3) is 161 Å². The van der Waals surface area contributed by atoms with Gasteiger partial charge in [-0.05, 0) is 96.1 Å². The molecule has 10 aromatic carbocycles. The van der Waals surface area contributed by atoms with Gasteiger partial charge in [0, 0.05) is 66.1 Å². The standard InChI is InChI=1S/C83H49F3N8/c1-88-75-36-14-27-66(83(84,85)86)82(75)60-49-80(93-76-45-56(71-32-15-28-67(89-71)52-19-6-2-7-20-52)37-41-61(76)62-42-38-57(46-77(62)93)72-33-16-29-68(90-72)53-21-8-3-9-22-53)65(51-87)81(50-60)94-78-47-58(73-34-17-30-69(91-73)54-23-10-4-11-24-54)39-43-63(78)64-44-40-59(48-79(64)94)74-35-18-31-70(92-74)55-25-12-5-13-26-55/h2-50H. The predicted octanol–water partition coefficient (Wildman–Crippen LogP) is 21.9. The highest BCUT2D eigenvalue weighted by molar-refractivity contribution is 6.13. The molecule has 0 radical (unpaired) electrons. The Morgan fingerprint density at radius 3 is 0.883 bits per heavy atom. The van der Waals surface area contributed by atoms with Crippen molar-refractivity contribution in [2.24, 2.45) is 0 Å². The first-order valence-corrected chi connectivity index (χ1v) is 30.6. The second kappa shape index (κ2) is 23.2. The molecular formula is C83H49F3N8. The Kier molecular flexibility index (Phi) is 13.9. The number of nitrogens with zero attached hydrogens (tertiary/aromatic N) is 8. The summed E-state index contributed by atoms with van der Waals surface area (Å²) in [5.41, 5.74) is 14.4. The Hall–Kier alpha value is -12.8. The zero-order valence-corrected chi connectivity index (χ0v) is 50.0. The number of fused-ring (bicyclic) bond motifs is 6. The fraction of sp³-hybridized carbons (Fsp3) is 0.0120. The quantitative estimate of drug-likeness (QED) is 0.120. The van der Waals surface area contributed by atoms with Crippen molar-refractivity contribution in [3.63, 3.8) is 0 Å². The molecule has 11 heteroatoms. The van der Waals surface area contributed by atoms with Crippen molar-refractivity contribution in [1.82, 2.24) is 29.1 Å². The molecule has 0 unspecified atom stereocenters. The number of alkyl halides is 3. The first kappa shape index (κ1) is 56.4. The SMILES string of the molecule is [C-]#[N+]c1cccc(C(F)(F)F)c1-c1cc(-n2c3cc(-c4cccc(-c5ccccc5)n4)ccc3c3ccc(-c4cccc(-c5ccccc5)n4)cc32)c(C#N)c(-n2c3cc(-c4cccc(-c5ccccc5)n4)ccc3c3ccc(-c4cccc(-c5ccccc5)n4)cc32)c1. The normalized spacial score (nSPS) is 11.5. The van der Waals surface area contributed by atoms with Gasteiger partial charge < -0.3 is 9.13 Å². The third-order valence-corrected chi connectivity index (χ3v) is 17.4. The molecule has 0 aliphatic heterocycles. The van der Waals surface area contributed by atoms with Crippen LogP contribution in [-0.4, -0.2) is 29.1 Å². The molecule has 0 atom stereocenters. The number of halogens is 3. The molecule has 94 heavy (non-hydrogen) atoms. The van der Waals surface area contributed by atoms with Gasteiger partial charge in [-0.15, -0.1) is 0 Å². The second-order valence-electron chi connectivity index (χ2n) is 23.0. The molecule has 0 aliphatic rings. The minimum Gasteiger partial charge on any atom is -0.308 e. The monoisotopic (exact) mass is 1210 g/mol. The van der Waals surface area contributed by atoms with Gasteiger partial charge >= 0.3 is 6.18 Å². The Bertz CT molecular complexity index is 5160. The van der Waals surface area contributed by atoms with Crippen molar-refractivity contribution in [3.8, 4) is 119 Å². The van der Waals surface area contributed by atoms with Crippen molar-refractivity contribution in [1.29, 1.82) is 5.26 Å². The lowest BCUT2D eigenvalue weighted by atomic mass is 9.94. The summed E-state index contributed by atoms with van der Waals surface area (Å²) in [6.07, 6.45) is -4.90. The predicted molar refractivity (Wildman–Crippen MR) is 371 cm³/mol. The fourth-order valence-electron chi connectivity index (χ4n) is 13.1. The number of aromatic nitrogens is 6. The van der Waals surface area contributed by atoms with Gasteiger partial charge in [0.15, 0.2) is 5.69 Å². The van der Waals surface area contributed by atoms with Crippen LogP contribution in [0.3, 0.4) is 0 Å². The number of hydrogen-bond donors (Lipinski definition) is 0. The molecule has 0 aliphatic carbocycles. The molecule has 0 bridgehead atoms. The summed E-state index contributed by atoms with van der Waals surface area (Å²) in [6, 6.07) is 97.4. The highest BCUT2D eigenvalue weighted by Crippen LogP contribution is 2.48. The number of pyridine rings is 4. The lowest BCUT2D eigenvalue weighted by Crippen LogP contribution is -2.09. The summed E-state index contributed by atoms with van der Waals surface area (Å²) in [6.45, 7) is 8.50. The van der Waals surface area contributed by atoms with Crippen LogP contribution in [-0.2, 0) is 6.18 Å². The summed E-state index contributed by atoms with van der Waals surface area (Å²) in [7, 11) is 0. The minimum absolute atomic E-state index is 0.0662. The zero-order valence-electron chi connectivity index (χ0n) is 50.0. The van der Waals surface area contributed by atoms with Gasteiger partial charge in [-0.2, -0.15) is 18.4 Å². The molecule has 442 valence electrons. The van der Waals surface area contributed by atoms with Crippen LogP contribution in [0.15, 0.2) is 297 Å². The molecule has 0 fully saturated rings. The van der Waals surface area contributed by atoms with E-state index >= 15 is 13.2 Å². The van der Waals surface area contributed by atoms with E-state index in [1.807, 2.05) is 276 Å². The molecule has 6 heterocycles. The van der Waals surface area contributed by atoms with Crippen molar-refractivity contribution in [2.75, 3.05) is 0 Å². The van der Waals surface area contributed by atoms with Crippen LogP contribution in [0.2, 0.25) is 0 Å². The second-order valence-corrected chi connectivity index (χ2v) is 23.0. The maximum Gasteiger partial charge on any atom is 0.415 e. The molecule has 0 N–H and O–H groups in total. The van der Waals surface area contributed by atoms with Crippen LogP contribution in [0, 0.1) is 17.9 Å². The fourth-order valence-corrected chi connectivity index (χ4v) is 13.1. The first-order chi connectivity index (χ1) is 46.1. The maximum absolute atomic E-state index is 16.0. The van der Waals surface area contributed by atoms with Gasteiger partial charge in [-0.25, -0.2) is 24.8 Å². The smallest absolute Gasteiger partial charge is 0.308 e. The van der Waals surface area contributed by atoms with Gasteiger partial charge in [-0.1, -0.05) is 212 Å². The average Bonchev–Trinajstić information content (AvgIpc) is 1.53. The highest BCUT2D eigenvalue weighted by atomic mass is 19.4. The Labute approximate surface area is 538 Å². The number of benzene rings is 10. The Balaban J connectivity index is 1.02. The average molecular weight is 1220 g/mol. The summed E-state index contributed by atoms with van der Waals surface area (Å²) in [5, 5.41) is 15.6. The van der Waals surface area contributed by atoms with Crippen LogP contribution >= 0.6 is 0 Å². The van der Waals surface area contributed by atoms with E-state index in [0.717, 1.165) is 94.9 Å². The molecule has 8 nitrogen and oxygen atoms in total. The topological polar surface area (TPSA) is 89.6 Å². The van der Waals surface area contributed by atoms with Gasteiger partial charge in [0.05, 0.1) is 91.1 Å². The lowest BCUT2D eigenvalue weighted by molar-refractivity contribution is -0.137. The van der Waals surface area contributed by atoms with Crippen molar-refractivity contribution in [2.45, 2.75) is 6.18 Å². The number of nitriles is 1. The molecule has 16 aromatic rings. The number of hydrogen-bond acceptors (Lipinski definition) is 5. The minimum atomic E-state index is -4.90. The summed E-state index contributed by atoms with van der Waals surface area (Å²) < 4.78 is 51.8. The molecule has 0 saturated heterocycles. The molecule has 0 spiro atoms. The van der Waals surface area contributed by atoms with E-state index in [-0.39, 0.29) is 33.8 Å². The Morgan fingerprint density at radius 1 is 0.319 bits per heavy atom. The van der Waals surface area contributed by atoms with Crippen molar-refractivity contribution in [3.05, 3.63) is 320 Å². The summed E-state index contributed by atoms with van der Waals surface area (Å²) in [4.78, 5) is 24.5. The van der Waals surface area contributed by atoms with Crippen molar-refractivity contribution < 1.29 is 13.2 Å². The highest BCUT2D eigenvalue weighted by Gasteiger charge is 2.36. The zero-order chi connectivity index (χ0) is 63.4. The van der Waals surface area contributed by atoms with E-state index in [9.17, 15) is 5.26 Å². The van der Waals surface area contributed by atoms with E-state index in [0.29, 0.717) is 44.8 Å².